The molecule has 0 spiro atoms. The SMILES string of the molecule is CN1C(=O)N(CO)C2(CO)NC(=O)NC12. The lowest BCUT2D eigenvalue weighted by Gasteiger charge is -2.32. The Bertz CT molecular complexity index is 322. The van der Waals surface area contributed by atoms with Crippen LogP contribution in [-0.4, -0.2) is 64.3 Å². The van der Waals surface area contributed by atoms with Crippen LogP contribution in [0.5, 0.6) is 0 Å². The zero-order valence-corrected chi connectivity index (χ0v) is 8.10. The molecule has 8 nitrogen and oxygen atoms in total. The van der Waals surface area contributed by atoms with Crippen molar-refractivity contribution in [3.63, 3.8) is 0 Å². The minimum Gasteiger partial charge on any atom is -0.392 e. The molecule has 2 saturated heterocycles. The smallest absolute Gasteiger partial charge is 0.325 e. The highest BCUT2D eigenvalue weighted by atomic mass is 16.3. The van der Waals surface area contributed by atoms with Crippen LogP contribution < -0.4 is 10.6 Å². The fraction of sp³-hybridized carbons (Fsp3) is 0.714. The maximum Gasteiger partial charge on any atom is 0.325 e. The summed E-state index contributed by atoms with van der Waals surface area (Å²) in [7, 11) is 1.49. The number of urea groups is 2. The van der Waals surface area contributed by atoms with Gasteiger partial charge in [-0.2, -0.15) is 0 Å². The van der Waals surface area contributed by atoms with E-state index in [2.05, 4.69) is 10.6 Å². The van der Waals surface area contributed by atoms with Crippen LogP contribution in [0.25, 0.3) is 0 Å². The van der Waals surface area contributed by atoms with Crippen molar-refractivity contribution < 1.29 is 19.8 Å². The molecule has 8 heteroatoms. The van der Waals surface area contributed by atoms with Crippen LogP contribution in [0.15, 0.2) is 0 Å². The number of aliphatic hydroxyl groups excluding tert-OH is 2. The molecular weight excluding hydrogens is 204 g/mol. The number of carbonyl (C=O) groups excluding carboxylic acids is 2. The molecule has 2 aliphatic heterocycles. The molecule has 2 aliphatic rings. The van der Waals surface area contributed by atoms with Crippen LogP contribution in [0.4, 0.5) is 9.59 Å². The van der Waals surface area contributed by atoms with Crippen molar-refractivity contribution in [1.29, 1.82) is 0 Å². The molecule has 84 valence electrons. The number of likely N-dealkylation sites (N-methyl/N-ethyl adjacent to an activating group) is 1. The van der Waals surface area contributed by atoms with Crippen LogP contribution in [0.2, 0.25) is 0 Å². The first-order valence-electron chi connectivity index (χ1n) is 4.41. The Balaban J connectivity index is 2.42. The first-order valence-corrected chi connectivity index (χ1v) is 4.41. The highest BCUT2D eigenvalue weighted by Crippen LogP contribution is 2.30. The van der Waals surface area contributed by atoms with E-state index in [9.17, 15) is 14.7 Å². The lowest BCUT2D eigenvalue weighted by molar-refractivity contribution is 0.00989. The largest absolute Gasteiger partial charge is 0.392 e. The number of hydrogen-bond donors (Lipinski definition) is 4. The van der Waals surface area contributed by atoms with Crippen molar-refractivity contribution in [2.45, 2.75) is 11.8 Å². The zero-order valence-electron chi connectivity index (χ0n) is 8.10. The minimum absolute atomic E-state index is 0.455. The summed E-state index contributed by atoms with van der Waals surface area (Å²) in [6.07, 6.45) is -0.672. The van der Waals surface area contributed by atoms with Crippen molar-refractivity contribution in [3.8, 4) is 0 Å². The van der Waals surface area contributed by atoms with Gasteiger partial charge in [0.25, 0.3) is 0 Å². The predicted octanol–water partition coefficient (Wildman–Crippen LogP) is -2.37. The van der Waals surface area contributed by atoms with Crippen molar-refractivity contribution in [2.75, 3.05) is 20.4 Å². The first kappa shape index (κ1) is 9.99. The summed E-state index contributed by atoms with van der Waals surface area (Å²) >= 11 is 0. The van der Waals surface area contributed by atoms with E-state index >= 15 is 0 Å². The summed E-state index contributed by atoms with van der Waals surface area (Å²) in [5, 5.41) is 23.3. The number of fused-ring (bicyclic) bond motifs is 1. The van der Waals surface area contributed by atoms with Gasteiger partial charge in [-0.25, -0.2) is 9.59 Å². The summed E-state index contributed by atoms with van der Waals surface area (Å²) in [5.74, 6) is 0. The van der Waals surface area contributed by atoms with Gasteiger partial charge in [-0.15, -0.1) is 0 Å². The van der Waals surface area contributed by atoms with E-state index in [1.807, 2.05) is 0 Å². The van der Waals surface area contributed by atoms with E-state index in [0.29, 0.717) is 0 Å². The Morgan fingerprint density at radius 3 is 2.67 bits per heavy atom. The topological polar surface area (TPSA) is 105 Å². The second-order valence-electron chi connectivity index (χ2n) is 3.55. The number of rotatable bonds is 2. The van der Waals surface area contributed by atoms with Crippen LogP contribution in [-0.2, 0) is 0 Å². The third-order valence-corrected chi connectivity index (χ3v) is 2.83. The van der Waals surface area contributed by atoms with Crippen molar-refractivity contribution in [2.24, 2.45) is 0 Å². The number of aliphatic hydroxyl groups is 2. The van der Waals surface area contributed by atoms with Gasteiger partial charge >= 0.3 is 12.1 Å². The molecular formula is C7H12N4O4. The van der Waals surface area contributed by atoms with Crippen LogP contribution in [0.1, 0.15) is 0 Å². The summed E-state index contributed by atoms with van der Waals surface area (Å²) in [6, 6.07) is -0.934. The summed E-state index contributed by atoms with van der Waals surface area (Å²) < 4.78 is 0. The quantitative estimate of drug-likeness (QED) is 0.414. The monoisotopic (exact) mass is 216 g/mol. The van der Waals surface area contributed by atoms with E-state index in [0.717, 1.165) is 4.90 Å². The zero-order chi connectivity index (χ0) is 11.2. The molecule has 2 rings (SSSR count). The minimum atomic E-state index is -1.27. The Kier molecular flexibility index (Phi) is 1.98. The summed E-state index contributed by atoms with van der Waals surface area (Å²) in [5.41, 5.74) is -1.27. The molecule has 0 saturated carbocycles. The van der Waals surface area contributed by atoms with Gasteiger partial charge in [-0.1, -0.05) is 0 Å². The van der Waals surface area contributed by atoms with Gasteiger partial charge in [-0.05, 0) is 0 Å². The number of carbonyl (C=O) groups is 2. The molecule has 0 aromatic rings. The standard InChI is InChI=1S/C7H12N4O4/c1-10-4-7(2-12,9-5(14)8-4)11(3-13)6(10)15/h4,12-13H,2-3H2,1H3,(H2,8,9,14). The second-order valence-corrected chi connectivity index (χ2v) is 3.55. The molecule has 2 fully saturated rings. The molecule has 4 N–H and O–H groups in total. The van der Waals surface area contributed by atoms with Crippen molar-refractivity contribution in [3.05, 3.63) is 0 Å². The van der Waals surface area contributed by atoms with Crippen LogP contribution >= 0.6 is 0 Å². The van der Waals surface area contributed by atoms with E-state index in [1.165, 1.54) is 11.9 Å². The summed E-state index contributed by atoms with van der Waals surface area (Å²) in [6.45, 7) is -1.03. The molecule has 0 aromatic carbocycles. The average molecular weight is 216 g/mol. The summed E-state index contributed by atoms with van der Waals surface area (Å²) in [4.78, 5) is 25.0. The Morgan fingerprint density at radius 2 is 2.13 bits per heavy atom. The maximum absolute atomic E-state index is 11.6. The van der Waals surface area contributed by atoms with Gasteiger partial charge in [0.2, 0.25) is 0 Å². The molecule has 2 heterocycles. The van der Waals surface area contributed by atoms with Gasteiger partial charge in [-0.3, -0.25) is 4.90 Å². The molecule has 0 aliphatic carbocycles. The second kappa shape index (κ2) is 2.97. The van der Waals surface area contributed by atoms with Crippen LogP contribution in [0, 0.1) is 0 Å². The van der Waals surface area contributed by atoms with Gasteiger partial charge in [0, 0.05) is 7.05 Å². The number of amides is 4. The fourth-order valence-corrected chi connectivity index (χ4v) is 2.05. The molecule has 0 bridgehead atoms. The molecule has 4 amide bonds. The molecule has 2 atom stereocenters. The highest BCUT2D eigenvalue weighted by molar-refractivity contribution is 5.86. The Hall–Kier alpha value is -1.54. The third kappa shape index (κ3) is 1.03. The highest BCUT2D eigenvalue weighted by Gasteiger charge is 2.61. The van der Waals surface area contributed by atoms with Gasteiger partial charge in [0.05, 0.1) is 6.61 Å². The number of hydrogen-bond acceptors (Lipinski definition) is 4. The van der Waals surface area contributed by atoms with Gasteiger partial charge in [0.1, 0.15) is 6.73 Å². The van der Waals surface area contributed by atoms with E-state index < -0.39 is 37.2 Å². The van der Waals surface area contributed by atoms with E-state index in [4.69, 9.17) is 5.11 Å². The molecule has 2 unspecified atom stereocenters. The third-order valence-electron chi connectivity index (χ3n) is 2.83. The van der Waals surface area contributed by atoms with Crippen molar-refractivity contribution in [1.82, 2.24) is 20.4 Å². The predicted molar refractivity (Wildman–Crippen MR) is 47.4 cm³/mol. The first-order chi connectivity index (χ1) is 7.06. The lowest BCUT2D eigenvalue weighted by Crippen LogP contribution is -2.61. The molecule has 15 heavy (non-hydrogen) atoms. The molecule has 0 radical (unpaired) electrons. The Labute approximate surface area is 85.4 Å². The van der Waals surface area contributed by atoms with Gasteiger partial charge in [0.15, 0.2) is 11.8 Å². The van der Waals surface area contributed by atoms with E-state index in [1.54, 1.807) is 0 Å². The van der Waals surface area contributed by atoms with E-state index in [-0.39, 0.29) is 0 Å². The Morgan fingerprint density at radius 1 is 1.47 bits per heavy atom. The lowest BCUT2D eigenvalue weighted by atomic mass is 10.1. The number of nitrogens with zero attached hydrogens (tertiary/aromatic N) is 2. The van der Waals surface area contributed by atoms with Crippen LogP contribution in [0.3, 0.4) is 0 Å². The maximum atomic E-state index is 11.6. The number of nitrogens with one attached hydrogen (secondary N) is 2. The molecule has 0 aromatic heterocycles. The normalized spacial score (nSPS) is 34.2. The van der Waals surface area contributed by atoms with Gasteiger partial charge < -0.3 is 25.7 Å². The average Bonchev–Trinajstić information content (AvgIpc) is 2.63. The fourth-order valence-electron chi connectivity index (χ4n) is 2.05. The van der Waals surface area contributed by atoms with Crippen molar-refractivity contribution >= 4 is 12.1 Å².